The molecule has 132 valence electrons. The highest BCUT2D eigenvalue weighted by molar-refractivity contribution is 5.70. The summed E-state index contributed by atoms with van der Waals surface area (Å²) in [6.45, 7) is 0. The Morgan fingerprint density at radius 2 is 0.542 bits per heavy atom. The molecular formula is C20H32N4. The smallest absolute Gasteiger partial charge is 0.0598 e. The first-order valence-electron chi connectivity index (χ1n) is 8.13. The van der Waals surface area contributed by atoms with Crippen LogP contribution >= 0.6 is 0 Å². The molecule has 0 aliphatic heterocycles. The second-order valence-electron chi connectivity index (χ2n) is 6.56. The molecule has 24 heavy (non-hydrogen) atoms. The van der Waals surface area contributed by atoms with Crippen molar-refractivity contribution in [3.8, 4) is 0 Å². The average Bonchev–Trinajstić information content (AvgIpc) is 2.55. The molecule has 0 amide bonds. The summed E-state index contributed by atoms with van der Waals surface area (Å²) in [7, 11) is 16.5. The molecule has 0 aliphatic rings. The predicted octanol–water partition coefficient (Wildman–Crippen LogP) is 3.64. The summed E-state index contributed by atoms with van der Waals surface area (Å²) in [6.07, 6.45) is 0. The molecule has 0 unspecified atom stereocenters. The standard InChI is InChI=1S/2C10H16N2/c2*1-11(2)9-7-5-6-8-10(9)12(3)4/h2*5-8H,1-4H3. The van der Waals surface area contributed by atoms with E-state index in [2.05, 4.69) is 125 Å². The van der Waals surface area contributed by atoms with E-state index in [1.54, 1.807) is 0 Å². The summed E-state index contributed by atoms with van der Waals surface area (Å²) in [5, 5.41) is 0. The zero-order valence-corrected chi connectivity index (χ0v) is 16.4. The molecule has 4 nitrogen and oxygen atoms in total. The summed E-state index contributed by atoms with van der Waals surface area (Å²) < 4.78 is 0. The lowest BCUT2D eigenvalue weighted by molar-refractivity contribution is 1.08. The van der Waals surface area contributed by atoms with Gasteiger partial charge in [0.05, 0.1) is 22.7 Å². The van der Waals surface area contributed by atoms with E-state index in [9.17, 15) is 0 Å². The average molecular weight is 329 g/mol. The molecule has 0 spiro atoms. The highest BCUT2D eigenvalue weighted by Crippen LogP contribution is 2.26. The number of hydrogen-bond donors (Lipinski definition) is 0. The van der Waals surface area contributed by atoms with Gasteiger partial charge in [-0.2, -0.15) is 0 Å². The van der Waals surface area contributed by atoms with Gasteiger partial charge in [-0.1, -0.05) is 24.3 Å². The van der Waals surface area contributed by atoms with Crippen LogP contribution in [0.25, 0.3) is 0 Å². The van der Waals surface area contributed by atoms with Gasteiger partial charge in [0, 0.05) is 56.4 Å². The monoisotopic (exact) mass is 328 g/mol. The van der Waals surface area contributed by atoms with Crippen molar-refractivity contribution in [3.05, 3.63) is 48.5 Å². The molecule has 0 aliphatic carbocycles. The van der Waals surface area contributed by atoms with Crippen LogP contribution in [-0.2, 0) is 0 Å². The molecule has 0 radical (unpaired) electrons. The van der Waals surface area contributed by atoms with Crippen LogP contribution < -0.4 is 19.6 Å². The molecule has 2 aromatic carbocycles. The first-order chi connectivity index (χ1) is 11.3. The molecule has 2 aromatic rings. The Morgan fingerprint density at radius 3 is 0.667 bits per heavy atom. The molecule has 2 rings (SSSR count). The number of rotatable bonds is 4. The summed E-state index contributed by atoms with van der Waals surface area (Å²) in [5.74, 6) is 0. The number of anilines is 4. The van der Waals surface area contributed by atoms with E-state index in [0.717, 1.165) is 0 Å². The molecule has 0 fully saturated rings. The highest BCUT2D eigenvalue weighted by atomic mass is 15.1. The van der Waals surface area contributed by atoms with Crippen LogP contribution in [0.3, 0.4) is 0 Å². The summed E-state index contributed by atoms with van der Waals surface area (Å²) >= 11 is 0. The van der Waals surface area contributed by atoms with Crippen LogP contribution in [0.15, 0.2) is 48.5 Å². The Morgan fingerprint density at radius 1 is 0.375 bits per heavy atom. The second kappa shape index (κ2) is 9.06. The summed E-state index contributed by atoms with van der Waals surface area (Å²) in [5.41, 5.74) is 5.01. The highest BCUT2D eigenvalue weighted by Gasteiger charge is 2.04. The van der Waals surface area contributed by atoms with E-state index in [4.69, 9.17) is 0 Å². The minimum atomic E-state index is 1.25. The normalized spacial score (nSPS) is 9.67. The quantitative estimate of drug-likeness (QED) is 0.849. The predicted molar refractivity (Wildman–Crippen MR) is 110 cm³/mol. The topological polar surface area (TPSA) is 13.0 Å². The fourth-order valence-electron chi connectivity index (χ4n) is 2.44. The van der Waals surface area contributed by atoms with Crippen molar-refractivity contribution in [2.75, 3.05) is 76.0 Å². The molecule has 4 heteroatoms. The number of para-hydroxylation sites is 4. The lowest BCUT2D eigenvalue weighted by Gasteiger charge is -2.22. The van der Waals surface area contributed by atoms with Crippen LogP contribution in [0, 0.1) is 0 Å². The summed E-state index contributed by atoms with van der Waals surface area (Å²) in [6, 6.07) is 16.7. The van der Waals surface area contributed by atoms with Gasteiger partial charge in [-0.25, -0.2) is 0 Å². The number of hydrogen-bond acceptors (Lipinski definition) is 4. The second-order valence-corrected chi connectivity index (χ2v) is 6.56. The zero-order valence-electron chi connectivity index (χ0n) is 16.4. The first-order valence-corrected chi connectivity index (χ1v) is 8.13. The Hall–Kier alpha value is -2.36. The minimum Gasteiger partial charge on any atom is -0.376 e. The van der Waals surface area contributed by atoms with Gasteiger partial charge in [0.2, 0.25) is 0 Å². The van der Waals surface area contributed by atoms with E-state index >= 15 is 0 Å². The van der Waals surface area contributed by atoms with Gasteiger partial charge >= 0.3 is 0 Å². The van der Waals surface area contributed by atoms with E-state index in [0.29, 0.717) is 0 Å². The number of benzene rings is 2. The van der Waals surface area contributed by atoms with E-state index in [1.165, 1.54) is 22.7 Å². The molecule has 0 atom stereocenters. The summed E-state index contributed by atoms with van der Waals surface area (Å²) in [4.78, 5) is 8.48. The lowest BCUT2D eigenvalue weighted by Crippen LogP contribution is -2.16. The van der Waals surface area contributed by atoms with Gasteiger partial charge in [-0.15, -0.1) is 0 Å². The van der Waals surface area contributed by atoms with Crippen molar-refractivity contribution in [3.63, 3.8) is 0 Å². The molecule has 0 heterocycles. The maximum absolute atomic E-state index is 2.12. The molecule has 0 saturated carbocycles. The van der Waals surface area contributed by atoms with Crippen molar-refractivity contribution < 1.29 is 0 Å². The van der Waals surface area contributed by atoms with E-state index < -0.39 is 0 Å². The van der Waals surface area contributed by atoms with Crippen LogP contribution in [0.4, 0.5) is 22.7 Å². The van der Waals surface area contributed by atoms with Crippen LogP contribution in [0.2, 0.25) is 0 Å². The van der Waals surface area contributed by atoms with E-state index in [-0.39, 0.29) is 0 Å². The van der Waals surface area contributed by atoms with Gasteiger partial charge < -0.3 is 19.6 Å². The molecule has 0 N–H and O–H groups in total. The number of nitrogens with zero attached hydrogens (tertiary/aromatic N) is 4. The van der Waals surface area contributed by atoms with Gasteiger partial charge in [0.25, 0.3) is 0 Å². The zero-order chi connectivity index (χ0) is 18.3. The van der Waals surface area contributed by atoms with Crippen molar-refractivity contribution in [1.29, 1.82) is 0 Å². The molecule has 0 bridgehead atoms. The first kappa shape index (κ1) is 19.7. The van der Waals surface area contributed by atoms with Crippen LogP contribution in [0.5, 0.6) is 0 Å². The van der Waals surface area contributed by atoms with Crippen LogP contribution in [0.1, 0.15) is 0 Å². The maximum atomic E-state index is 2.12. The van der Waals surface area contributed by atoms with Gasteiger partial charge in [-0.3, -0.25) is 0 Å². The van der Waals surface area contributed by atoms with Crippen molar-refractivity contribution in [1.82, 2.24) is 0 Å². The fourth-order valence-corrected chi connectivity index (χ4v) is 2.44. The van der Waals surface area contributed by atoms with Crippen molar-refractivity contribution >= 4 is 22.7 Å². The Bertz CT molecular complexity index is 509. The van der Waals surface area contributed by atoms with Crippen LogP contribution in [-0.4, -0.2) is 56.4 Å². The van der Waals surface area contributed by atoms with Crippen molar-refractivity contribution in [2.45, 2.75) is 0 Å². The third kappa shape index (κ3) is 5.37. The lowest BCUT2D eigenvalue weighted by atomic mass is 10.2. The molecule has 0 aromatic heterocycles. The molecule has 0 saturated heterocycles. The van der Waals surface area contributed by atoms with Crippen molar-refractivity contribution in [2.24, 2.45) is 0 Å². The SMILES string of the molecule is CN(C)c1ccccc1N(C)C.CN(C)c1ccccc1N(C)C. The minimum absolute atomic E-state index is 1.25. The van der Waals surface area contributed by atoms with E-state index in [1.807, 2.05) is 0 Å². The third-order valence-electron chi connectivity index (χ3n) is 3.69. The fraction of sp³-hybridized carbons (Fsp3) is 0.400. The Labute approximate surface area is 147 Å². The maximum Gasteiger partial charge on any atom is 0.0598 e. The Kier molecular flexibility index (Phi) is 7.43. The third-order valence-corrected chi connectivity index (χ3v) is 3.69. The molecular weight excluding hydrogens is 296 g/mol. The van der Waals surface area contributed by atoms with Gasteiger partial charge in [0.15, 0.2) is 0 Å². The Balaban J connectivity index is 0.000000240. The van der Waals surface area contributed by atoms with Gasteiger partial charge in [0.1, 0.15) is 0 Å². The largest absolute Gasteiger partial charge is 0.376 e. The van der Waals surface area contributed by atoms with Gasteiger partial charge in [-0.05, 0) is 24.3 Å².